The minimum Gasteiger partial charge on any atom is -0.442 e. The molecular formula is C23H33N3O6. The van der Waals surface area contributed by atoms with Crippen LogP contribution in [0.2, 0.25) is 0 Å². The molecule has 0 aliphatic carbocycles. The summed E-state index contributed by atoms with van der Waals surface area (Å²) in [4.78, 5) is 45.2. The highest BCUT2D eigenvalue weighted by atomic mass is 16.8. The number of ether oxygens (including phenoxy) is 2. The normalized spacial score (nSPS) is 19.0. The minimum atomic E-state index is -1.86. The van der Waals surface area contributed by atoms with Gasteiger partial charge < -0.3 is 9.47 Å². The molecule has 9 nitrogen and oxygen atoms in total. The fraction of sp³-hybridized carbons (Fsp3) is 0.565. The molecule has 32 heavy (non-hydrogen) atoms. The molecule has 1 unspecified atom stereocenters. The first kappa shape index (κ1) is 25.2. The molecule has 1 aromatic rings. The molecule has 2 amide bonds. The van der Waals surface area contributed by atoms with Crippen LogP contribution in [0.5, 0.6) is 0 Å². The van der Waals surface area contributed by atoms with Crippen LogP contribution in [0.4, 0.5) is 9.59 Å². The Bertz CT molecular complexity index is 899. The number of amides is 2. The lowest BCUT2D eigenvalue weighted by Gasteiger charge is -2.38. The van der Waals surface area contributed by atoms with Crippen LogP contribution in [0.1, 0.15) is 67.9 Å². The maximum absolute atomic E-state index is 13.8. The van der Waals surface area contributed by atoms with Crippen molar-refractivity contribution in [3.63, 3.8) is 0 Å². The predicted molar refractivity (Wildman–Crippen MR) is 119 cm³/mol. The van der Waals surface area contributed by atoms with Crippen LogP contribution >= 0.6 is 0 Å². The second-order valence-electron chi connectivity index (χ2n) is 9.84. The van der Waals surface area contributed by atoms with Gasteiger partial charge in [0.05, 0.1) is 11.8 Å². The van der Waals surface area contributed by atoms with Crippen LogP contribution < -0.4 is 0 Å². The van der Waals surface area contributed by atoms with Crippen LogP contribution in [-0.4, -0.2) is 51.2 Å². The van der Waals surface area contributed by atoms with Crippen molar-refractivity contribution in [3.8, 4) is 0 Å². The molecule has 0 saturated heterocycles. The Hall–Kier alpha value is -3.10. The highest BCUT2D eigenvalue weighted by Crippen LogP contribution is 2.39. The van der Waals surface area contributed by atoms with Crippen molar-refractivity contribution in [1.82, 2.24) is 10.1 Å². The summed E-state index contributed by atoms with van der Waals surface area (Å²) in [6.07, 6.45) is -2.18. The standard InChI is InChI=1S/C23H33N3O6/c1-15(2)25-18(27)23(16(3)24-25,17-13-11-10-12-14-17)26(19(28)30-21(4,5)6)32-20(29)31-22(7,8)9/h10-15H,1-9H3. The first-order valence-corrected chi connectivity index (χ1v) is 10.5. The Morgan fingerprint density at radius 3 is 1.97 bits per heavy atom. The smallest absolute Gasteiger partial charge is 0.442 e. The zero-order chi connectivity index (χ0) is 24.5. The van der Waals surface area contributed by atoms with Gasteiger partial charge in [0.2, 0.25) is 5.54 Å². The molecule has 0 fully saturated rings. The number of hydroxylamine groups is 2. The zero-order valence-corrected chi connectivity index (χ0v) is 20.3. The number of nitrogens with zero attached hydrogens (tertiary/aromatic N) is 3. The van der Waals surface area contributed by atoms with Gasteiger partial charge in [0.1, 0.15) is 11.2 Å². The van der Waals surface area contributed by atoms with Gasteiger partial charge in [-0.2, -0.15) is 5.10 Å². The Balaban J connectivity index is 2.70. The lowest BCUT2D eigenvalue weighted by Crippen LogP contribution is -2.60. The largest absolute Gasteiger partial charge is 0.534 e. The summed E-state index contributed by atoms with van der Waals surface area (Å²) < 4.78 is 10.8. The Morgan fingerprint density at radius 2 is 1.53 bits per heavy atom. The van der Waals surface area contributed by atoms with Crippen molar-refractivity contribution >= 4 is 23.9 Å². The maximum Gasteiger partial charge on any atom is 0.534 e. The third kappa shape index (κ3) is 5.20. The van der Waals surface area contributed by atoms with Gasteiger partial charge in [-0.05, 0) is 67.9 Å². The molecule has 1 aliphatic heterocycles. The van der Waals surface area contributed by atoms with Gasteiger partial charge >= 0.3 is 12.2 Å². The van der Waals surface area contributed by atoms with E-state index in [0.29, 0.717) is 10.6 Å². The summed E-state index contributed by atoms with van der Waals surface area (Å²) in [6, 6.07) is 8.24. The highest BCUT2D eigenvalue weighted by Gasteiger charge is 2.60. The summed E-state index contributed by atoms with van der Waals surface area (Å²) in [5.74, 6) is -0.550. The van der Waals surface area contributed by atoms with Crippen LogP contribution in [0.25, 0.3) is 0 Å². The first-order chi connectivity index (χ1) is 14.6. The van der Waals surface area contributed by atoms with Gasteiger partial charge in [0.25, 0.3) is 5.91 Å². The molecular weight excluding hydrogens is 414 g/mol. The molecule has 9 heteroatoms. The molecule has 0 saturated carbocycles. The average molecular weight is 448 g/mol. The molecule has 1 atom stereocenters. The summed E-state index contributed by atoms with van der Waals surface area (Å²) >= 11 is 0. The SMILES string of the molecule is CC1=NN(C(C)C)C(=O)C1(c1ccccc1)N(OC(=O)OC(C)(C)C)C(=O)OC(C)(C)C. The van der Waals surface area contributed by atoms with Gasteiger partial charge in [-0.1, -0.05) is 30.3 Å². The quantitative estimate of drug-likeness (QED) is 0.496. The van der Waals surface area contributed by atoms with Crippen molar-refractivity contribution in [1.29, 1.82) is 0 Å². The van der Waals surface area contributed by atoms with Crippen LogP contribution in [0.15, 0.2) is 35.4 Å². The number of hydrazone groups is 1. The van der Waals surface area contributed by atoms with E-state index >= 15 is 0 Å². The molecule has 0 radical (unpaired) electrons. The number of benzene rings is 1. The molecule has 0 spiro atoms. The molecule has 1 aromatic carbocycles. The fourth-order valence-electron chi connectivity index (χ4n) is 3.20. The Kier molecular flexibility index (Phi) is 6.92. The van der Waals surface area contributed by atoms with Crippen LogP contribution in [-0.2, 0) is 24.6 Å². The molecule has 0 bridgehead atoms. The summed E-state index contributed by atoms with van der Waals surface area (Å²) in [6.45, 7) is 15.2. The zero-order valence-electron chi connectivity index (χ0n) is 20.3. The maximum atomic E-state index is 13.8. The fourth-order valence-corrected chi connectivity index (χ4v) is 3.20. The van der Waals surface area contributed by atoms with Crippen molar-refractivity contribution in [2.75, 3.05) is 0 Å². The third-order valence-electron chi connectivity index (χ3n) is 4.40. The number of carbonyl (C=O) groups is 3. The molecule has 1 aliphatic rings. The molecule has 0 N–H and O–H groups in total. The second kappa shape index (κ2) is 8.80. The van der Waals surface area contributed by atoms with Gasteiger partial charge in [-0.25, -0.2) is 14.6 Å². The number of carbonyl (C=O) groups excluding carboxylic acids is 3. The van der Waals surface area contributed by atoms with Gasteiger partial charge in [0.15, 0.2) is 0 Å². The third-order valence-corrected chi connectivity index (χ3v) is 4.40. The lowest BCUT2D eigenvalue weighted by atomic mass is 9.85. The molecule has 1 heterocycles. The Labute approximate surface area is 189 Å². The van der Waals surface area contributed by atoms with Crippen molar-refractivity contribution in [2.24, 2.45) is 5.10 Å². The number of hydrogen-bond donors (Lipinski definition) is 0. The van der Waals surface area contributed by atoms with E-state index in [0.717, 1.165) is 0 Å². The van der Waals surface area contributed by atoms with E-state index < -0.39 is 34.9 Å². The van der Waals surface area contributed by atoms with E-state index in [1.54, 1.807) is 92.6 Å². The van der Waals surface area contributed by atoms with Crippen LogP contribution in [0, 0.1) is 0 Å². The summed E-state index contributed by atoms with van der Waals surface area (Å²) in [5.41, 5.74) is -3.02. The number of hydrogen-bond acceptors (Lipinski definition) is 7. The van der Waals surface area contributed by atoms with Crippen LogP contribution in [0.3, 0.4) is 0 Å². The molecule has 176 valence electrons. The Morgan fingerprint density at radius 1 is 1.00 bits per heavy atom. The summed E-state index contributed by atoms with van der Waals surface area (Å²) in [7, 11) is 0. The highest BCUT2D eigenvalue weighted by molar-refractivity contribution is 6.17. The minimum absolute atomic E-state index is 0.247. The monoisotopic (exact) mass is 447 g/mol. The van der Waals surface area contributed by atoms with Gasteiger partial charge in [0, 0.05) is 0 Å². The van der Waals surface area contributed by atoms with E-state index in [1.165, 1.54) is 5.01 Å². The van der Waals surface area contributed by atoms with Gasteiger partial charge in [-0.3, -0.25) is 9.63 Å². The number of rotatable bonds is 3. The summed E-state index contributed by atoms with van der Waals surface area (Å²) in [5, 5.41) is 6.31. The van der Waals surface area contributed by atoms with Gasteiger partial charge in [-0.15, -0.1) is 5.06 Å². The van der Waals surface area contributed by atoms with Crippen molar-refractivity contribution in [3.05, 3.63) is 35.9 Å². The van der Waals surface area contributed by atoms with E-state index in [4.69, 9.17) is 14.3 Å². The molecule has 2 rings (SSSR count). The lowest BCUT2D eigenvalue weighted by molar-refractivity contribution is -0.182. The molecule has 0 aromatic heterocycles. The topological polar surface area (TPSA) is 97.7 Å². The predicted octanol–water partition coefficient (Wildman–Crippen LogP) is 4.61. The van der Waals surface area contributed by atoms with E-state index in [-0.39, 0.29) is 11.8 Å². The van der Waals surface area contributed by atoms with E-state index in [1.807, 2.05) is 0 Å². The van der Waals surface area contributed by atoms with Crippen molar-refractivity contribution < 1.29 is 28.7 Å². The average Bonchev–Trinajstić information content (AvgIpc) is 2.89. The first-order valence-electron chi connectivity index (χ1n) is 10.5. The van der Waals surface area contributed by atoms with E-state index in [9.17, 15) is 14.4 Å². The van der Waals surface area contributed by atoms with Crippen molar-refractivity contribution in [2.45, 2.75) is 85.1 Å². The second-order valence-corrected chi connectivity index (χ2v) is 9.84. The van der Waals surface area contributed by atoms with E-state index in [2.05, 4.69) is 5.10 Å².